The Kier molecular flexibility index (Phi) is 4.35. The Bertz CT molecular complexity index is 627. The third-order valence-electron chi connectivity index (χ3n) is 2.83. The third-order valence-corrected chi connectivity index (χ3v) is 2.83. The molecule has 0 radical (unpaired) electrons. The highest BCUT2D eigenvalue weighted by molar-refractivity contribution is 5.33. The van der Waals surface area contributed by atoms with Crippen molar-refractivity contribution in [3.8, 4) is 11.6 Å². The number of methoxy groups -OCH3 is 1. The molecule has 0 unspecified atom stereocenters. The van der Waals surface area contributed by atoms with E-state index < -0.39 is 11.7 Å². The van der Waals surface area contributed by atoms with E-state index in [-0.39, 0.29) is 18.2 Å². The smallest absolute Gasteiger partial charge is 0.416 e. The summed E-state index contributed by atoms with van der Waals surface area (Å²) >= 11 is 0. The Hall–Kier alpha value is -2.24. The molecule has 3 nitrogen and oxygen atoms in total. The molecule has 0 atom stereocenters. The number of aryl methyl sites for hydroxylation is 1. The molecule has 0 aliphatic rings. The van der Waals surface area contributed by atoms with Crippen LogP contribution in [-0.4, -0.2) is 12.1 Å². The van der Waals surface area contributed by atoms with Crippen LogP contribution >= 0.6 is 0 Å². The fraction of sp³-hybridized carbons (Fsp3) is 0.267. The van der Waals surface area contributed by atoms with E-state index >= 15 is 0 Å². The fourth-order valence-corrected chi connectivity index (χ4v) is 1.85. The molecule has 1 aromatic carbocycles. The number of hydrogen-bond acceptors (Lipinski definition) is 3. The van der Waals surface area contributed by atoms with Crippen LogP contribution in [0.4, 0.5) is 13.2 Å². The van der Waals surface area contributed by atoms with Crippen LogP contribution < -0.4 is 9.47 Å². The van der Waals surface area contributed by atoms with Crippen LogP contribution in [0.25, 0.3) is 0 Å². The molecule has 21 heavy (non-hydrogen) atoms. The van der Waals surface area contributed by atoms with Gasteiger partial charge in [0, 0.05) is 17.3 Å². The molecule has 2 rings (SSSR count). The third kappa shape index (κ3) is 3.87. The van der Waals surface area contributed by atoms with Gasteiger partial charge in [-0.15, -0.1) is 0 Å². The van der Waals surface area contributed by atoms with Crippen molar-refractivity contribution in [1.29, 1.82) is 0 Å². The summed E-state index contributed by atoms with van der Waals surface area (Å²) in [7, 11) is 1.52. The van der Waals surface area contributed by atoms with Crippen LogP contribution in [0.15, 0.2) is 36.4 Å². The van der Waals surface area contributed by atoms with E-state index in [1.165, 1.54) is 14.0 Å². The molecule has 0 bridgehead atoms. The summed E-state index contributed by atoms with van der Waals surface area (Å²) in [5.41, 5.74) is 0.210. The van der Waals surface area contributed by atoms with Crippen molar-refractivity contribution >= 4 is 0 Å². The van der Waals surface area contributed by atoms with Gasteiger partial charge in [-0.2, -0.15) is 13.2 Å². The lowest BCUT2D eigenvalue weighted by atomic mass is 10.2. The first kappa shape index (κ1) is 15.2. The Balaban J connectivity index is 2.19. The predicted molar refractivity (Wildman–Crippen MR) is 71.3 cm³/mol. The molecule has 0 saturated carbocycles. The molecule has 0 N–H and O–H groups in total. The SMILES string of the molecule is COc1ccccc1COc1cc(C(F)(F)F)cc(C)n1. The van der Waals surface area contributed by atoms with E-state index in [9.17, 15) is 13.2 Å². The normalized spacial score (nSPS) is 11.3. The van der Waals surface area contributed by atoms with Crippen molar-refractivity contribution in [3.05, 3.63) is 53.2 Å². The average Bonchev–Trinajstić information content (AvgIpc) is 2.44. The second-order valence-corrected chi connectivity index (χ2v) is 4.43. The Morgan fingerprint density at radius 2 is 1.86 bits per heavy atom. The summed E-state index contributed by atoms with van der Waals surface area (Å²) in [5, 5.41) is 0. The van der Waals surface area contributed by atoms with Gasteiger partial charge in [0.25, 0.3) is 0 Å². The quantitative estimate of drug-likeness (QED) is 0.855. The Morgan fingerprint density at radius 3 is 2.52 bits per heavy atom. The van der Waals surface area contributed by atoms with Crippen LogP contribution in [0.5, 0.6) is 11.6 Å². The van der Waals surface area contributed by atoms with Gasteiger partial charge < -0.3 is 9.47 Å². The summed E-state index contributed by atoms with van der Waals surface area (Å²) in [5.74, 6) is 0.550. The van der Waals surface area contributed by atoms with Gasteiger partial charge in [0.15, 0.2) is 0 Å². The van der Waals surface area contributed by atoms with E-state index in [1.54, 1.807) is 24.3 Å². The number of aromatic nitrogens is 1. The van der Waals surface area contributed by atoms with E-state index in [0.29, 0.717) is 5.75 Å². The second kappa shape index (κ2) is 6.03. The largest absolute Gasteiger partial charge is 0.496 e. The Morgan fingerprint density at radius 1 is 1.14 bits per heavy atom. The van der Waals surface area contributed by atoms with E-state index in [0.717, 1.165) is 17.7 Å². The van der Waals surface area contributed by atoms with Gasteiger partial charge in [0.2, 0.25) is 5.88 Å². The number of ether oxygens (including phenoxy) is 2. The highest BCUT2D eigenvalue weighted by Gasteiger charge is 2.31. The van der Waals surface area contributed by atoms with Crippen LogP contribution in [-0.2, 0) is 12.8 Å². The molecule has 0 aliphatic carbocycles. The number of pyridine rings is 1. The first-order chi connectivity index (χ1) is 9.90. The fourth-order valence-electron chi connectivity index (χ4n) is 1.85. The minimum atomic E-state index is -4.42. The molecule has 0 fully saturated rings. The van der Waals surface area contributed by atoms with Gasteiger partial charge in [-0.1, -0.05) is 18.2 Å². The Labute approximate surface area is 120 Å². The molecule has 1 aromatic heterocycles. The van der Waals surface area contributed by atoms with Crippen molar-refractivity contribution in [1.82, 2.24) is 4.98 Å². The summed E-state index contributed by atoms with van der Waals surface area (Å²) in [4.78, 5) is 3.95. The molecular weight excluding hydrogens is 283 g/mol. The zero-order valence-corrected chi connectivity index (χ0v) is 11.6. The summed E-state index contributed by atoms with van der Waals surface area (Å²) in [6.45, 7) is 1.57. The van der Waals surface area contributed by atoms with E-state index in [1.807, 2.05) is 0 Å². The van der Waals surface area contributed by atoms with Gasteiger partial charge in [-0.25, -0.2) is 4.98 Å². The molecule has 2 aromatic rings. The molecular formula is C15H14F3NO2. The summed E-state index contributed by atoms with van der Waals surface area (Å²) in [6, 6.07) is 9.00. The minimum absolute atomic E-state index is 0.0618. The average molecular weight is 297 g/mol. The molecule has 6 heteroatoms. The standard InChI is InChI=1S/C15H14F3NO2/c1-10-7-12(15(16,17)18)8-14(19-10)21-9-11-5-3-4-6-13(11)20-2/h3-8H,9H2,1-2H3. The molecule has 0 saturated heterocycles. The number of halogens is 3. The predicted octanol–water partition coefficient (Wildman–Crippen LogP) is 4.00. The van der Waals surface area contributed by atoms with Gasteiger partial charge in [-0.3, -0.25) is 0 Å². The van der Waals surface area contributed by atoms with Crippen LogP contribution in [0, 0.1) is 6.92 Å². The van der Waals surface area contributed by atoms with Crippen LogP contribution in [0.1, 0.15) is 16.8 Å². The van der Waals surface area contributed by atoms with Crippen molar-refractivity contribution in [3.63, 3.8) is 0 Å². The van der Waals surface area contributed by atoms with Gasteiger partial charge in [0.1, 0.15) is 12.4 Å². The number of hydrogen-bond donors (Lipinski definition) is 0. The monoisotopic (exact) mass is 297 g/mol. The first-order valence-corrected chi connectivity index (χ1v) is 6.20. The molecule has 0 aliphatic heterocycles. The van der Waals surface area contributed by atoms with Crippen molar-refractivity contribution in [2.45, 2.75) is 19.7 Å². The van der Waals surface area contributed by atoms with Gasteiger partial charge >= 0.3 is 6.18 Å². The molecule has 0 spiro atoms. The highest BCUT2D eigenvalue weighted by Crippen LogP contribution is 2.31. The van der Waals surface area contributed by atoms with Crippen molar-refractivity contribution < 1.29 is 22.6 Å². The number of nitrogens with zero attached hydrogens (tertiary/aromatic N) is 1. The maximum Gasteiger partial charge on any atom is 0.416 e. The lowest BCUT2D eigenvalue weighted by Crippen LogP contribution is -2.07. The van der Waals surface area contributed by atoms with Crippen LogP contribution in [0.2, 0.25) is 0 Å². The van der Waals surface area contributed by atoms with Gasteiger partial charge in [0.05, 0.1) is 12.7 Å². The minimum Gasteiger partial charge on any atom is -0.496 e. The highest BCUT2D eigenvalue weighted by atomic mass is 19.4. The number of para-hydroxylation sites is 1. The maximum absolute atomic E-state index is 12.7. The van der Waals surface area contributed by atoms with Crippen molar-refractivity contribution in [2.24, 2.45) is 0 Å². The van der Waals surface area contributed by atoms with Crippen LogP contribution in [0.3, 0.4) is 0 Å². The lowest BCUT2D eigenvalue weighted by molar-refractivity contribution is -0.137. The van der Waals surface area contributed by atoms with E-state index in [2.05, 4.69) is 4.98 Å². The number of rotatable bonds is 4. The number of benzene rings is 1. The molecule has 112 valence electrons. The second-order valence-electron chi connectivity index (χ2n) is 4.43. The number of alkyl halides is 3. The molecule has 0 amide bonds. The molecule has 1 heterocycles. The summed E-state index contributed by atoms with van der Waals surface area (Å²) < 4.78 is 48.7. The van der Waals surface area contributed by atoms with Gasteiger partial charge in [-0.05, 0) is 19.1 Å². The zero-order valence-electron chi connectivity index (χ0n) is 11.6. The zero-order chi connectivity index (χ0) is 15.5. The maximum atomic E-state index is 12.7. The first-order valence-electron chi connectivity index (χ1n) is 6.20. The summed E-state index contributed by atoms with van der Waals surface area (Å²) in [6.07, 6.45) is -4.42. The van der Waals surface area contributed by atoms with Crippen molar-refractivity contribution in [2.75, 3.05) is 7.11 Å². The van der Waals surface area contributed by atoms with E-state index in [4.69, 9.17) is 9.47 Å². The topological polar surface area (TPSA) is 31.4 Å². The lowest BCUT2D eigenvalue weighted by Gasteiger charge is -2.12.